The third kappa shape index (κ3) is 3.55. The van der Waals surface area contributed by atoms with Gasteiger partial charge in [-0.05, 0) is 29.8 Å². The summed E-state index contributed by atoms with van der Waals surface area (Å²) in [7, 11) is 0. The molecule has 0 spiro atoms. The van der Waals surface area contributed by atoms with Crippen molar-refractivity contribution >= 4 is 28.5 Å². The Morgan fingerprint density at radius 2 is 2.06 bits per heavy atom. The molecule has 0 aliphatic carbocycles. The minimum absolute atomic E-state index is 0.142. The van der Waals surface area contributed by atoms with Crippen LogP contribution in [0.5, 0.6) is 0 Å². The molecule has 0 unspecified atom stereocenters. The monoisotopic (exact) mass is 417 g/mol. The van der Waals surface area contributed by atoms with Gasteiger partial charge in [0.05, 0.1) is 30.1 Å². The average Bonchev–Trinajstić information content (AvgIpc) is 3.54. The molecule has 154 valence electrons. The number of furan rings is 1. The van der Waals surface area contributed by atoms with Crippen LogP contribution in [0.25, 0.3) is 22.0 Å². The summed E-state index contributed by atoms with van der Waals surface area (Å²) in [5.74, 6) is -1.22. The zero-order valence-corrected chi connectivity index (χ0v) is 15.9. The van der Waals surface area contributed by atoms with Crippen LogP contribution in [0.4, 0.5) is 5.69 Å². The number of anilines is 1. The number of aromatic nitrogens is 6. The molecule has 1 amide bonds. The largest absolute Gasteiger partial charge is 0.475 e. The Hall–Kier alpha value is -4.67. The molecule has 5 aromatic rings. The van der Waals surface area contributed by atoms with Crippen molar-refractivity contribution < 1.29 is 19.1 Å². The number of hydrogen-bond acceptors (Lipinski definition) is 6. The van der Waals surface area contributed by atoms with E-state index in [0.717, 1.165) is 16.6 Å². The second-order valence-corrected chi connectivity index (χ2v) is 6.77. The average molecular weight is 417 g/mol. The van der Waals surface area contributed by atoms with Crippen LogP contribution >= 0.6 is 0 Å². The van der Waals surface area contributed by atoms with Crippen molar-refractivity contribution in [3.05, 3.63) is 72.3 Å². The lowest BCUT2D eigenvalue weighted by molar-refractivity contribution is 0.0660. The van der Waals surface area contributed by atoms with Gasteiger partial charge in [-0.25, -0.2) is 4.79 Å². The van der Waals surface area contributed by atoms with Gasteiger partial charge in [-0.15, -0.1) is 0 Å². The van der Waals surface area contributed by atoms with Crippen LogP contribution in [0.2, 0.25) is 0 Å². The van der Waals surface area contributed by atoms with Crippen LogP contribution in [0, 0.1) is 0 Å². The number of carbonyl (C=O) groups is 2. The van der Waals surface area contributed by atoms with Crippen LogP contribution in [-0.4, -0.2) is 47.2 Å². The fourth-order valence-electron chi connectivity index (χ4n) is 3.22. The van der Waals surface area contributed by atoms with Crippen LogP contribution in [-0.2, 0) is 6.54 Å². The summed E-state index contributed by atoms with van der Waals surface area (Å²) in [6.45, 7) is 0.227. The summed E-state index contributed by atoms with van der Waals surface area (Å²) < 4.78 is 6.74. The zero-order valence-electron chi connectivity index (χ0n) is 15.9. The standard InChI is InChI=1S/C20H15N7O4/c28-19(18-15-3-1-11(5-16(15)25-26-18)12-6-21-22-7-12)24-13-8-23-27(9-13)10-14-2-4-17(31-14)20(29)30/h1-9H,10H2,(H,21,22)(H,24,28)(H,25,26)(H,29,30). The van der Waals surface area contributed by atoms with Crippen molar-refractivity contribution in [3.63, 3.8) is 0 Å². The van der Waals surface area contributed by atoms with Gasteiger partial charge in [0, 0.05) is 23.3 Å². The first kappa shape index (κ1) is 18.4. The fraction of sp³-hybridized carbons (Fsp3) is 0.0500. The van der Waals surface area contributed by atoms with E-state index < -0.39 is 5.97 Å². The highest BCUT2D eigenvalue weighted by atomic mass is 16.4. The lowest BCUT2D eigenvalue weighted by Crippen LogP contribution is -2.12. The summed E-state index contributed by atoms with van der Waals surface area (Å²) in [6, 6.07) is 8.57. The Kier molecular flexibility index (Phi) is 4.32. The fourth-order valence-corrected chi connectivity index (χ4v) is 3.22. The van der Waals surface area contributed by atoms with Gasteiger partial charge in [0.2, 0.25) is 5.76 Å². The molecule has 4 N–H and O–H groups in total. The molecule has 0 aliphatic heterocycles. The molecular formula is C20H15N7O4. The van der Waals surface area contributed by atoms with E-state index in [2.05, 4.69) is 30.8 Å². The van der Waals surface area contributed by atoms with Crippen molar-refractivity contribution in [1.82, 2.24) is 30.2 Å². The Morgan fingerprint density at radius 1 is 1.16 bits per heavy atom. The van der Waals surface area contributed by atoms with E-state index in [1.54, 1.807) is 24.7 Å². The quantitative estimate of drug-likeness (QED) is 0.331. The van der Waals surface area contributed by atoms with Gasteiger partial charge < -0.3 is 14.8 Å². The van der Waals surface area contributed by atoms with E-state index >= 15 is 0 Å². The number of nitrogens with one attached hydrogen (secondary N) is 3. The molecule has 0 bridgehead atoms. The number of amides is 1. The molecule has 4 aromatic heterocycles. The van der Waals surface area contributed by atoms with Crippen molar-refractivity contribution in [3.8, 4) is 11.1 Å². The molecule has 11 heteroatoms. The summed E-state index contributed by atoms with van der Waals surface area (Å²) in [4.78, 5) is 23.6. The molecule has 0 saturated carbocycles. The third-order valence-electron chi connectivity index (χ3n) is 4.69. The highest BCUT2D eigenvalue weighted by Crippen LogP contribution is 2.24. The van der Waals surface area contributed by atoms with E-state index in [1.165, 1.54) is 16.9 Å². The smallest absolute Gasteiger partial charge is 0.371 e. The molecule has 0 radical (unpaired) electrons. The van der Waals surface area contributed by atoms with Gasteiger partial charge in [-0.2, -0.15) is 15.3 Å². The highest BCUT2D eigenvalue weighted by molar-refractivity contribution is 6.11. The van der Waals surface area contributed by atoms with Crippen molar-refractivity contribution in [1.29, 1.82) is 0 Å². The first-order valence-corrected chi connectivity index (χ1v) is 9.20. The van der Waals surface area contributed by atoms with E-state index in [1.807, 2.05) is 18.2 Å². The van der Waals surface area contributed by atoms with Gasteiger partial charge in [0.25, 0.3) is 5.91 Å². The summed E-state index contributed by atoms with van der Waals surface area (Å²) in [5, 5.41) is 30.3. The van der Waals surface area contributed by atoms with Gasteiger partial charge in [-0.3, -0.25) is 19.7 Å². The SMILES string of the molecule is O=C(O)c1ccc(Cn2cc(NC(=O)c3n[nH]c4cc(-c5cn[nH]c5)ccc34)cn2)o1. The number of carbonyl (C=O) groups excluding carboxylic acids is 1. The molecule has 0 fully saturated rings. The molecule has 11 nitrogen and oxygen atoms in total. The predicted octanol–water partition coefficient (Wildman–Crippen LogP) is 2.74. The third-order valence-corrected chi connectivity index (χ3v) is 4.69. The lowest BCUT2D eigenvalue weighted by atomic mass is 10.1. The Morgan fingerprint density at radius 3 is 2.84 bits per heavy atom. The number of carboxylic acid groups (broad SMARTS) is 1. The number of benzene rings is 1. The predicted molar refractivity (Wildman–Crippen MR) is 109 cm³/mol. The molecule has 5 rings (SSSR count). The van der Waals surface area contributed by atoms with Crippen molar-refractivity contribution in [2.75, 3.05) is 5.32 Å². The topological polar surface area (TPSA) is 155 Å². The maximum absolute atomic E-state index is 12.7. The van der Waals surface area contributed by atoms with Gasteiger partial charge in [0.1, 0.15) is 5.76 Å². The number of carboxylic acids is 1. The van der Waals surface area contributed by atoms with Crippen LogP contribution in [0.3, 0.4) is 0 Å². The molecule has 1 aromatic carbocycles. The van der Waals surface area contributed by atoms with E-state index in [0.29, 0.717) is 16.8 Å². The number of aromatic carboxylic acids is 1. The Balaban J connectivity index is 1.31. The van der Waals surface area contributed by atoms with E-state index in [9.17, 15) is 9.59 Å². The van der Waals surface area contributed by atoms with Gasteiger partial charge >= 0.3 is 5.97 Å². The Bertz CT molecular complexity index is 1390. The summed E-state index contributed by atoms with van der Waals surface area (Å²) in [6.07, 6.45) is 6.61. The number of H-pyrrole nitrogens is 2. The zero-order chi connectivity index (χ0) is 21.4. The second-order valence-electron chi connectivity index (χ2n) is 6.77. The number of aromatic amines is 2. The molecule has 0 saturated heterocycles. The second kappa shape index (κ2) is 7.30. The van der Waals surface area contributed by atoms with E-state index in [-0.39, 0.29) is 23.9 Å². The number of nitrogens with zero attached hydrogens (tertiary/aromatic N) is 4. The lowest BCUT2D eigenvalue weighted by Gasteiger charge is -2.01. The Labute approximate surface area is 173 Å². The highest BCUT2D eigenvalue weighted by Gasteiger charge is 2.16. The molecule has 0 atom stereocenters. The first-order valence-electron chi connectivity index (χ1n) is 9.20. The first-order chi connectivity index (χ1) is 15.1. The number of hydrogen-bond donors (Lipinski definition) is 4. The van der Waals surface area contributed by atoms with Gasteiger partial charge in [0.15, 0.2) is 5.69 Å². The maximum Gasteiger partial charge on any atom is 0.371 e. The molecular weight excluding hydrogens is 402 g/mol. The van der Waals surface area contributed by atoms with Gasteiger partial charge in [-0.1, -0.05) is 6.07 Å². The van der Waals surface area contributed by atoms with Crippen molar-refractivity contribution in [2.24, 2.45) is 0 Å². The minimum atomic E-state index is -1.14. The normalized spacial score (nSPS) is 11.1. The van der Waals surface area contributed by atoms with Crippen molar-refractivity contribution in [2.45, 2.75) is 6.54 Å². The van der Waals surface area contributed by atoms with Crippen LogP contribution in [0.15, 0.2) is 59.5 Å². The number of rotatable bonds is 6. The van der Waals surface area contributed by atoms with Crippen LogP contribution < -0.4 is 5.32 Å². The molecule has 0 aliphatic rings. The molecule has 31 heavy (non-hydrogen) atoms. The van der Waals surface area contributed by atoms with Crippen LogP contribution in [0.1, 0.15) is 26.8 Å². The minimum Gasteiger partial charge on any atom is -0.475 e. The molecule has 4 heterocycles. The maximum atomic E-state index is 12.7. The summed E-state index contributed by atoms with van der Waals surface area (Å²) >= 11 is 0. The van der Waals surface area contributed by atoms with E-state index in [4.69, 9.17) is 9.52 Å². The summed E-state index contributed by atoms with van der Waals surface area (Å²) in [5.41, 5.74) is 3.34. The number of fused-ring (bicyclic) bond motifs is 1.